The SMILES string of the molecule is O=C(NC1CCNCC1)C1Cc2ccccc2CN1C(=O)c1ccccc1Cl. The molecule has 146 valence electrons. The third kappa shape index (κ3) is 3.91. The Kier molecular flexibility index (Phi) is 5.64. The van der Waals surface area contributed by atoms with Crippen molar-refractivity contribution in [2.45, 2.75) is 37.9 Å². The summed E-state index contributed by atoms with van der Waals surface area (Å²) in [6.45, 7) is 2.21. The molecule has 2 aromatic carbocycles. The smallest absolute Gasteiger partial charge is 0.256 e. The summed E-state index contributed by atoms with van der Waals surface area (Å²) in [4.78, 5) is 28.1. The first-order valence-electron chi connectivity index (χ1n) is 9.77. The van der Waals surface area contributed by atoms with Crippen LogP contribution >= 0.6 is 11.6 Å². The van der Waals surface area contributed by atoms with Crippen LogP contribution in [0.25, 0.3) is 0 Å². The number of carbonyl (C=O) groups is 2. The molecule has 2 heterocycles. The lowest BCUT2D eigenvalue weighted by molar-refractivity contribution is -0.127. The standard InChI is InChI=1S/C22H24ClN3O2/c23-19-8-4-3-7-18(19)22(28)26-14-16-6-2-1-5-15(16)13-20(26)21(27)25-17-9-11-24-12-10-17/h1-8,17,20,24H,9-14H2,(H,25,27). The Hall–Kier alpha value is -2.37. The van der Waals surface area contributed by atoms with Crippen molar-refractivity contribution in [3.63, 3.8) is 0 Å². The largest absolute Gasteiger partial charge is 0.351 e. The fourth-order valence-corrected chi connectivity index (χ4v) is 4.24. The number of hydrogen-bond acceptors (Lipinski definition) is 3. The van der Waals surface area contributed by atoms with Crippen molar-refractivity contribution in [1.82, 2.24) is 15.5 Å². The molecular formula is C22H24ClN3O2. The van der Waals surface area contributed by atoms with Crippen molar-refractivity contribution in [3.05, 3.63) is 70.2 Å². The summed E-state index contributed by atoms with van der Waals surface area (Å²) < 4.78 is 0. The number of amides is 2. The van der Waals surface area contributed by atoms with E-state index >= 15 is 0 Å². The van der Waals surface area contributed by atoms with Gasteiger partial charge >= 0.3 is 0 Å². The summed E-state index contributed by atoms with van der Waals surface area (Å²) in [5.74, 6) is -0.285. The van der Waals surface area contributed by atoms with Crippen LogP contribution < -0.4 is 10.6 Å². The molecule has 0 aliphatic carbocycles. The maximum absolute atomic E-state index is 13.3. The molecule has 0 bridgehead atoms. The van der Waals surface area contributed by atoms with Crippen LogP contribution in [0, 0.1) is 0 Å². The van der Waals surface area contributed by atoms with Gasteiger partial charge in [-0.2, -0.15) is 0 Å². The quantitative estimate of drug-likeness (QED) is 0.837. The van der Waals surface area contributed by atoms with Crippen LogP contribution in [0.4, 0.5) is 0 Å². The van der Waals surface area contributed by atoms with E-state index in [2.05, 4.69) is 10.6 Å². The molecule has 6 heteroatoms. The maximum atomic E-state index is 13.3. The molecular weight excluding hydrogens is 374 g/mol. The second-order valence-electron chi connectivity index (χ2n) is 7.43. The fraction of sp³-hybridized carbons (Fsp3) is 0.364. The normalized spacial score (nSPS) is 19.8. The van der Waals surface area contributed by atoms with Crippen molar-refractivity contribution in [2.24, 2.45) is 0 Å². The molecule has 2 aromatic rings. The van der Waals surface area contributed by atoms with E-state index in [9.17, 15) is 9.59 Å². The highest BCUT2D eigenvalue weighted by Gasteiger charge is 2.36. The lowest BCUT2D eigenvalue weighted by atomic mass is 9.92. The lowest BCUT2D eigenvalue weighted by Gasteiger charge is -2.37. The van der Waals surface area contributed by atoms with Crippen molar-refractivity contribution < 1.29 is 9.59 Å². The highest BCUT2D eigenvalue weighted by molar-refractivity contribution is 6.33. The van der Waals surface area contributed by atoms with Crippen molar-refractivity contribution in [1.29, 1.82) is 0 Å². The van der Waals surface area contributed by atoms with Gasteiger partial charge in [-0.15, -0.1) is 0 Å². The topological polar surface area (TPSA) is 61.4 Å². The average Bonchev–Trinajstić information content (AvgIpc) is 2.73. The Morgan fingerprint density at radius 2 is 1.68 bits per heavy atom. The Labute approximate surface area is 170 Å². The number of halogens is 1. The summed E-state index contributed by atoms with van der Waals surface area (Å²) in [5, 5.41) is 6.88. The third-order valence-electron chi connectivity index (χ3n) is 5.60. The second kappa shape index (κ2) is 8.33. The minimum absolute atomic E-state index is 0.0817. The first kappa shape index (κ1) is 19.0. The van der Waals surface area contributed by atoms with Gasteiger partial charge in [-0.05, 0) is 49.2 Å². The minimum Gasteiger partial charge on any atom is -0.351 e. The van der Waals surface area contributed by atoms with Crippen LogP contribution in [-0.4, -0.2) is 41.9 Å². The molecule has 0 aromatic heterocycles. The number of carbonyl (C=O) groups excluding carboxylic acids is 2. The zero-order chi connectivity index (χ0) is 19.5. The molecule has 0 spiro atoms. The first-order chi connectivity index (χ1) is 13.6. The summed E-state index contributed by atoms with van der Waals surface area (Å²) in [6.07, 6.45) is 2.34. The number of rotatable bonds is 3. The molecule has 1 fully saturated rings. The number of fused-ring (bicyclic) bond motifs is 1. The van der Waals surface area contributed by atoms with Crippen LogP contribution in [0.3, 0.4) is 0 Å². The van der Waals surface area contributed by atoms with Gasteiger partial charge in [0.1, 0.15) is 6.04 Å². The molecule has 2 aliphatic heterocycles. The van der Waals surface area contributed by atoms with Gasteiger partial charge in [0.05, 0.1) is 10.6 Å². The molecule has 0 saturated carbocycles. The van der Waals surface area contributed by atoms with Gasteiger partial charge in [0.15, 0.2) is 0 Å². The zero-order valence-corrected chi connectivity index (χ0v) is 16.4. The highest BCUT2D eigenvalue weighted by atomic mass is 35.5. The summed E-state index contributed by atoms with van der Waals surface area (Å²) >= 11 is 6.27. The van der Waals surface area contributed by atoms with Crippen LogP contribution in [0.15, 0.2) is 48.5 Å². The zero-order valence-electron chi connectivity index (χ0n) is 15.7. The van der Waals surface area contributed by atoms with E-state index in [1.165, 1.54) is 0 Å². The number of hydrogen-bond donors (Lipinski definition) is 2. The molecule has 2 aliphatic rings. The maximum Gasteiger partial charge on any atom is 0.256 e. The number of nitrogens with zero attached hydrogens (tertiary/aromatic N) is 1. The third-order valence-corrected chi connectivity index (χ3v) is 5.93. The van der Waals surface area contributed by atoms with Crippen LogP contribution in [0.2, 0.25) is 5.02 Å². The summed E-state index contributed by atoms with van der Waals surface area (Å²) in [7, 11) is 0. The minimum atomic E-state index is -0.534. The molecule has 5 nitrogen and oxygen atoms in total. The fourth-order valence-electron chi connectivity index (χ4n) is 4.02. The Balaban J connectivity index is 1.62. The molecule has 0 radical (unpaired) electrons. The molecule has 2 N–H and O–H groups in total. The van der Waals surface area contributed by atoms with Gasteiger partial charge in [0, 0.05) is 19.0 Å². The molecule has 1 saturated heterocycles. The molecule has 1 atom stereocenters. The predicted octanol–water partition coefficient (Wildman–Crippen LogP) is 2.78. The van der Waals surface area contributed by atoms with Crippen molar-refractivity contribution in [3.8, 4) is 0 Å². The Morgan fingerprint density at radius 3 is 2.43 bits per heavy atom. The van der Waals surface area contributed by atoms with Crippen molar-refractivity contribution in [2.75, 3.05) is 13.1 Å². The predicted molar refractivity (Wildman–Crippen MR) is 109 cm³/mol. The Bertz CT molecular complexity index is 880. The van der Waals surface area contributed by atoms with E-state index in [1.807, 2.05) is 24.3 Å². The lowest BCUT2D eigenvalue weighted by Crippen LogP contribution is -2.55. The number of nitrogens with one attached hydrogen (secondary N) is 2. The molecule has 1 unspecified atom stereocenters. The van der Waals surface area contributed by atoms with E-state index < -0.39 is 6.04 Å². The first-order valence-corrected chi connectivity index (χ1v) is 10.1. The van der Waals surface area contributed by atoms with Gasteiger partial charge in [0.2, 0.25) is 5.91 Å². The van der Waals surface area contributed by atoms with Gasteiger partial charge in [0.25, 0.3) is 5.91 Å². The summed E-state index contributed by atoms with van der Waals surface area (Å²) in [6, 6.07) is 14.6. The molecule has 28 heavy (non-hydrogen) atoms. The van der Waals surface area contributed by atoms with Gasteiger partial charge < -0.3 is 15.5 Å². The molecule has 4 rings (SSSR count). The van der Waals surface area contributed by atoms with E-state index in [4.69, 9.17) is 11.6 Å². The van der Waals surface area contributed by atoms with Crippen LogP contribution in [0.5, 0.6) is 0 Å². The second-order valence-corrected chi connectivity index (χ2v) is 7.84. The monoisotopic (exact) mass is 397 g/mol. The van der Waals surface area contributed by atoms with E-state index in [1.54, 1.807) is 29.2 Å². The van der Waals surface area contributed by atoms with Crippen LogP contribution in [0.1, 0.15) is 34.3 Å². The van der Waals surface area contributed by atoms with Gasteiger partial charge in [-0.3, -0.25) is 9.59 Å². The number of benzene rings is 2. The Morgan fingerprint density at radius 1 is 1.00 bits per heavy atom. The van der Waals surface area contributed by atoms with Crippen LogP contribution in [-0.2, 0) is 17.8 Å². The van der Waals surface area contributed by atoms with Crippen molar-refractivity contribution >= 4 is 23.4 Å². The molecule has 2 amide bonds. The van der Waals surface area contributed by atoms with E-state index in [0.29, 0.717) is 23.6 Å². The summed E-state index contributed by atoms with van der Waals surface area (Å²) in [5.41, 5.74) is 2.63. The highest BCUT2D eigenvalue weighted by Crippen LogP contribution is 2.27. The van der Waals surface area contributed by atoms with E-state index in [-0.39, 0.29) is 17.9 Å². The average molecular weight is 398 g/mol. The number of piperidine rings is 1. The van der Waals surface area contributed by atoms with E-state index in [0.717, 1.165) is 37.1 Å². The van der Waals surface area contributed by atoms with Gasteiger partial charge in [-0.25, -0.2) is 0 Å². The van der Waals surface area contributed by atoms with Gasteiger partial charge in [-0.1, -0.05) is 48.0 Å².